The third-order valence-corrected chi connectivity index (χ3v) is 4.21. The van der Waals surface area contributed by atoms with Crippen molar-refractivity contribution in [2.75, 3.05) is 6.54 Å². The number of fused-ring (bicyclic) bond motifs is 1. The van der Waals surface area contributed by atoms with Crippen LogP contribution in [-0.4, -0.2) is 11.5 Å². The number of halogens is 1. The Morgan fingerprint density at radius 3 is 2.95 bits per heavy atom. The van der Waals surface area contributed by atoms with Crippen LogP contribution in [0.3, 0.4) is 0 Å². The van der Waals surface area contributed by atoms with Gasteiger partial charge in [-0.15, -0.1) is 11.3 Å². The van der Waals surface area contributed by atoms with Gasteiger partial charge in [-0.25, -0.2) is 9.37 Å². The van der Waals surface area contributed by atoms with Gasteiger partial charge in [-0.3, -0.25) is 0 Å². The van der Waals surface area contributed by atoms with Crippen molar-refractivity contribution in [2.45, 2.75) is 26.3 Å². The lowest BCUT2D eigenvalue weighted by atomic mass is 10.1. The normalized spacial score (nSPS) is 12.9. The van der Waals surface area contributed by atoms with Crippen LogP contribution in [0, 0.1) is 12.7 Å². The van der Waals surface area contributed by atoms with Gasteiger partial charge in [-0.2, -0.15) is 0 Å². The number of likely N-dealkylation sites (N-methyl/N-ethyl adjacent to an activating group) is 1. The first-order chi connectivity index (χ1) is 10.2. The van der Waals surface area contributed by atoms with Gasteiger partial charge in [0.2, 0.25) is 0 Å². The molecule has 1 atom stereocenters. The number of benzene rings is 1. The minimum atomic E-state index is -0.321. The zero-order chi connectivity index (χ0) is 14.8. The van der Waals surface area contributed by atoms with Gasteiger partial charge in [0, 0.05) is 17.2 Å². The van der Waals surface area contributed by atoms with Crippen molar-refractivity contribution < 1.29 is 8.81 Å². The Morgan fingerprint density at radius 2 is 2.29 bits per heavy atom. The molecule has 0 radical (unpaired) electrons. The van der Waals surface area contributed by atoms with Gasteiger partial charge in [0.05, 0.1) is 16.7 Å². The molecule has 0 spiro atoms. The van der Waals surface area contributed by atoms with Crippen molar-refractivity contribution in [3.05, 3.63) is 51.9 Å². The Morgan fingerprint density at radius 1 is 1.43 bits per heavy atom. The third kappa shape index (κ3) is 2.99. The molecule has 1 N–H and O–H groups in total. The van der Waals surface area contributed by atoms with E-state index >= 15 is 0 Å². The molecule has 5 heteroatoms. The molecule has 0 amide bonds. The highest BCUT2D eigenvalue weighted by Gasteiger charge is 2.18. The number of rotatable bonds is 5. The van der Waals surface area contributed by atoms with E-state index in [4.69, 9.17) is 4.42 Å². The fourth-order valence-electron chi connectivity index (χ4n) is 2.45. The minimum Gasteiger partial charge on any atom is -0.456 e. The van der Waals surface area contributed by atoms with Gasteiger partial charge >= 0.3 is 0 Å². The van der Waals surface area contributed by atoms with Crippen molar-refractivity contribution in [1.82, 2.24) is 10.3 Å². The monoisotopic (exact) mass is 304 g/mol. The summed E-state index contributed by atoms with van der Waals surface area (Å²) in [6.07, 6.45) is 0.736. The lowest BCUT2D eigenvalue weighted by Gasteiger charge is -2.13. The van der Waals surface area contributed by atoms with Gasteiger partial charge in [0.15, 0.2) is 11.4 Å². The maximum absolute atomic E-state index is 13.8. The van der Waals surface area contributed by atoms with Gasteiger partial charge in [0.1, 0.15) is 5.76 Å². The largest absolute Gasteiger partial charge is 0.456 e. The molecule has 0 fully saturated rings. The Labute approximate surface area is 126 Å². The second kappa shape index (κ2) is 5.95. The second-order valence-corrected chi connectivity index (χ2v) is 6.04. The van der Waals surface area contributed by atoms with Gasteiger partial charge in [-0.1, -0.05) is 19.1 Å². The zero-order valence-corrected chi connectivity index (χ0v) is 12.8. The summed E-state index contributed by atoms with van der Waals surface area (Å²) in [6.45, 7) is 4.85. The fourth-order valence-corrected chi connectivity index (χ4v) is 3.08. The number of nitrogens with zero attached hydrogens (tertiary/aromatic N) is 1. The maximum atomic E-state index is 13.8. The van der Waals surface area contributed by atoms with E-state index in [1.165, 1.54) is 6.07 Å². The van der Waals surface area contributed by atoms with Crippen LogP contribution in [0.4, 0.5) is 4.39 Å². The average Bonchev–Trinajstić information content (AvgIpc) is 3.05. The molecule has 2 heterocycles. The van der Waals surface area contributed by atoms with Crippen LogP contribution in [0.5, 0.6) is 0 Å². The number of hydrogen-bond donors (Lipinski definition) is 1. The number of para-hydroxylation sites is 1. The molecule has 3 nitrogen and oxygen atoms in total. The number of thiazole rings is 1. The number of hydrogen-bond acceptors (Lipinski definition) is 4. The highest BCUT2D eigenvalue weighted by atomic mass is 32.1. The molecule has 0 saturated heterocycles. The molecular formula is C16H17FN2OS. The maximum Gasteiger partial charge on any atom is 0.169 e. The van der Waals surface area contributed by atoms with E-state index in [2.05, 4.69) is 15.7 Å². The predicted molar refractivity (Wildman–Crippen MR) is 83.1 cm³/mol. The molecule has 3 rings (SSSR count). The van der Waals surface area contributed by atoms with E-state index in [9.17, 15) is 4.39 Å². The predicted octanol–water partition coefficient (Wildman–Crippen LogP) is 4.23. The van der Waals surface area contributed by atoms with Crippen molar-refractivity contribution >= 4 is 22.3 Å². The summed E-state index contributed by atoms with van der Waals surface area (Å²) in [7, 11) is 0. The van der Waals surface area contributed by atoms with Gasteiger partial charge < -0.3 is 9.73 Å². The Kier molecular flexibility index (Phi) is 4.03. The standard InChI is InChI=1S/C16H17FN2OS/c1-3-18-14(8-12-9-21-10(2)19-12)15-7-11-5-4-6-13(17)16(11)20-15/h4-7,9,14,18H,3,8H2,1-2H3. The second-order valence-electron chi connectivity index (χ2n) is 4.98. The molecule has 2 aromatic heterocycles. The molecular weight excluding hydrogens is 287 g/mol. The Hall–Kier alpha value is -1.72. The molecule has 0 bridgehead atoms. The summed E-state index contributed by atoms with van der Waals surface area (Å²) in [5.41, 5.74) is 1.36. The molecule has 3 aromatic rings. The van der Waals surface area contributed by atoms with E-state index in [1.54, 1.807) is 17.4 Å². The number of furan rings is 1. The minimum absolute atomic E-state index is 0.00306. The quantitative estimate of drug-likeness (QED) is 0.766. The smallest absolute Gasteiger partial charge is 0.169 e. The average molecular weight is 304 g/mol. The molecule has 110 valence electrons. The third-order valence-electron chi connectivity index (χ3n) is 3.39. The van der Waals surface area contributed by atoms with Crippen molar-refractivity contribution in [3.8, 4) is 0 Å². The summed E-state index contributed by atoms with van der Waals surface area (Å²) in [5.74, 6) is 0.432. The van der Waals surface area contributed by atoms with E-state index in [-0.39, 0.29) is 11.9 Å². The lowest BCUT2D eigenvalue weighted by molar-refractivity contribution is 0.426. The van der Waals surface area contributed by atoms with Crippen LogP contribution in [0.15, 0.2) is 34.1 Å². The van der Waals surface area contributed by atoms with Gasteiger partial charge in [0.25, 0.3) is 0 Å². The SMILES string of the molecule is CCNC(Cc1csc(C)n1)c1cc2cccc(F)c2o1. The molecule has 0 aliphatic carbocycles. The first-order valence-corrected chi connectivity index (χ1v) is 7.87. The molecule has 1 aromatic carbocycles. The summed E-state index contributed by atoms with van der Waals surface area (Å²) in [5, 5.41) is 7.29. The van der Waals surface area contributed by atoms with Crippen LogP contribution in [-0.2, 0) is 6.42 Å². The van der Waals surface area contributed by atoms with E-state index in [0.29, 0.717) is 5.58 Å². The van der Waals surface area contributed by atoms with E-state index in [1.807, 2.05) is 26.0 Å². The van der Waals surface area contributed by atoms with Crippen molar-refractivity contribution in [1.29, 1.82) is 0 Å². The molecule has 21 heavy (non-hydrogen) atoms. The number of aromatic nitrogens is 1. The van der Waals surface area contributed by atoms with E-state index in [0.717, 1.165) is 34.8 Å². The zero-order valence-electron chi connectivity index (χ0n) is 12.0. The van der Waals surface area contributed by atoms with Crippen LogP contribution in [0.1, 0.15) is 29.4 Å². The molecule has 0 aliphatic heterocycles. The lowest BCUT2D eigenvalue weighted by Crippen LogP contribution is -2.22. The Bertz CT molecular complexity index is 750. The molecule has 0 aliphatic rings. The first kappa shape index (κ1) is 14.2. The topological polar surface area (TPSA) is 38.1 Å². The summed E-state index contributed by atoms with van der Waals surface area (Å²) in [6, 6.07) is 6.89. The summed E-state index contributed by atoms with van der Waals surface area (Å²) >= 11 is 1.64. The van der Waals surface area contributed by atoms with Crippen LogP contribution < -0.4 is 5.32 Å². The van der Waals surface area contributed by atoms with Crippen molar-refractivity contribution in [2.24, 2.45) is 0 Å². The Balaban J connectivity index is 1.93. The highest BCUT2D eigenvalue weighted by Crippen LogP contribution is 2.28. The highest BCUT2D eigenvalue weighted by molar-refractivity contribution is 7.09. The summed E-state index contributed by atoms with van der Waals surface area (Å²) in [4.78, 5) is 4.49. The number of nitrogens with one attached hydrogen (secondary N) is 1. The van der Waals surface area contributed by atoms with Crippen LogP contribution in [0.25, 0.3) is 11.0 Å². The van der Waals surface area contributed by atoms with Crippen molar-refractivity contribution in [3.63, 3.8) is 0 Å². The molecule has 0 saturated carbocycles. The first-order valence-electron chi connectivity index (χ1n) is 6.99. The van der Waals surface area contributed by atoms with Crippen LogP contribution in [0.2, 0.25) is 0 Å². The van der Waals surface area contributed by atoms with Gasteiger partial charge in [-0.05, 0) is 25.6 Å². The van der Waals surface area contributed by atoms with Crippen LogP contribution >= 0.6 is 11.3 Å². The molecule has 1 unspecified atom stereocenters. The summed E-state index contributed by atoms with van der Waals surface area (Å²) < 4.78 is 19.5. The fraction of sp³-hybridized carbons (Fsp3) is 0.312. The van der Waals surface area contributed by atoms with E-state index < -0.39 is 0 Å². The number of aryl methyl sites for hydroxylation is 1.